The van der Waals surface area contributed by atoms with Gasteiger partial charge in [-0.2, -0.15) is 0 Å². The number of aromatic nitrogens is 1. The number of rotatable bonds is 8. The van der Waals surface area contributed by atoms with Crippen LogP contribution in [0.4, 0.5) is 4.39 Å². The number of nitrogens with zero attached hydrogens (tertiary/aromatic N) is 2. The van der Waals surface area contributed by atoms with E-state index in [0.29, 0.717) is 60.3 Å². The van der Waals surface area contributed by atoms with E-state index >= 15 is 4.39 Å². The molecule has 1 aliphatic heterocycles. The van der Waals surface area contributed by atoms with Crippen LogP contribution in [0.25, 0.3) is 10.9 Å². The Morgan fingerprint density at radius 2 is 2.17 bits per heavy atom. The van der Waals surface area contributed by atoms with Crippen molar-refractivity contribution in [3.8, 4) is 17.6 Å². The van der Waals surface area contributed by atoms with Crippen LogP contribution in [0.2, 0.25) is 0 Å². The summed E-state index contributed by atoms with van der Waals surface area (Å²) in [5.74, 6) is 6.40. The predicted molar refractivity (Wildman–Crippen MR) is 137 cm³/mol. The lowest BCUT2D eigenvalue weighted by molar-refractivity contribution is -0.143. The topological polar surface area (TPSA) is 94.9 Å². The summed E-state index contributed by atoms with van der Waals surface area (Å²) in [6.07, 6.45) is 1.36. The molecular weight excluding hydrogens is 481 g/mol. The number of carbonyl (C=O) groups excluding carboxylic acids is 1. The average Bonchev–Trinajstić information content (AvgIpc) is 3.44. The number of aliphatic hydroxyl groups is 1. The summed E-state index contributed by atoms with van der Waals surface area (Å²) in [6.45, 7) is 1.49. The summed E-state index contributed by atoms with van der Waals surface area (Å²) < 4.78 is 21.1. The molecule has 1 fully saturated rings. The van der Waals surface area contributed by atoms with Gasteiger partial charge >= 0.3 is 0 Å². The summed E-state index contributed by atoms with van der Waals surface area (Å²) in [5, 5.41) is 21.9. The highest BCUT2D eigenvalue weighted by Crippen LogP contribution is 2.41. The first-order valence-corrected chi connectivity index (χ1v) is 12.8. The standard InChI is InChI=1S/C27H30FN3O4S/c1-35-20-6-7-24-22(16-20)25(19(18-32)17-29-24)23(28)8-9-27(26(33)30-34)10-13-31(14-11-27)12-2-4-21-5-3-15-36-21/h3,5-7,15-17,23,32,34H,8-14,18H2,1H3,(H,30,33)/t23-/m1/s1. The van der Waals surface area contributed by atoms with E-state index in [4.69, 9.17) is 4.74 Å². The van der Waals surface area contributed by atoms with Crippen molar-refractivity contribution in [3.05, 3.63) is 57.9 Å². The molecule has 3 heterocycles. The number of hydrogen-bond acceptors (Lipinski definition) is 7. The van der Waals surface area contributed by atoms with Crippen molar-refractivity contribution >= 4 is 28.1 Å². The summed E-state index contributed by atoms with van der Waals surface area (Å²) in [6, 6.07) is 9.16. The van der Waals surface area contributed by atoms with Gasteiger partial charge in [0.1, 0.15) is 11.9 Å². The van der Waals surface area contributed by atoms with Crippen LogP contribution in [0.15, 0.2) is 41.9 Å². The van der Waals surface area contributed by atoms with Crippen LogP contribution >= 0.6 is 11.3 Å². The van der Waals surface area contributed by atoms with E-state index < -0.39 is 17.5 Å². The molecule has 1 aliphatic rings. The molecular formula is C27H30FN3O4S. The van der Waals surface area contributed by atoms with E-state index in [2.05, 4.69) is 21.7 Å². The van der Waals surface area contributed by atoms with Gasteiger partial charge in [-0.25, -0.2) is 9.87 Å². The van der Waals surface area contributed by atoms with Crippen LogP contribution in [-0.2, 0) is 11.4 Å². The molecule has 1 atom stereocenters. The Labute approximate surface area is 213 Å². The average molecular weight is 512 g/mol. The Morgan fingerprint density at radius 3 is 2.83 bits per heavy atom. The van der Waals surface area contributed by atoms with Crippen LogP contribution in [0.1, 0.15) is 47.9 Å². The number of aliphatic hydroxyl groups excluding tert-OH is 1. The molecule has 4 rings (SSSR count). The van der Waals surface area contributed by atoms with Crippen molar-refractivity contribution in [1.29, 1.82) is 0 Å². The Hall–Kier alpha value is -3.03. The lowest BCUT2D eigenvalue weighted by Crippen LogP contribution is -2.48. The quantitative estimate of drug-likeness (QED) is 0.238. The van der Waals surface area contributed by atoms with E-state index in [1.807, 2.05) is 23.0 Å². The normalized spacial score (nSPS) is 16.2. The number of thiophene rings is 1. The van der Waals surface area contributed by atoms with Gasteiger partial charge < -0.3 is 9.84 Å². The van der Waals surface area contributed by atoms with Gasteiger partial charge in [0.05, 0.1) is 36.1 Å². The van der Waals surface area contributed by atoms with Crippen molar-refractivity contribution in [1.82, 2.24) is 15.4 Å². The maximum absolute atomic E-state index is 15.8. The highest BCUT2D eigenvalue weighted by atomic mass is 32.1. The highest BCUT2D eigenvalue weighted by Gasteiger charge is 2.41. The number of piperidine rings is 1. The summed E-state index contributed by atoms with van der Waals surface area (Å²) in [4.78, 5) is 20.2. The van der Waals surface area contributed by atoms with Crippen LogP contribution in [0.3, 0.4) is 0 Å². The second-order valence-corrected chi connectivity index (χ2v) is 9.97. The molecule has 0 bridgehead atoms. The molecule has 3 aromatic rings. The van der Waals surface area contributed by atoms with E-state index in [0.717, 1.165) is 4.88 Å². The van der Waals surface area contributed by atoms with Crippen LogP contribution < -0.4 is 10.2 Å². The molecule has 0 aliphatic carbocycles. The van der Waals surface area contributed by atoms with Crippen LogP contribution in [0.5, 0.6) is 5.75 Å². The minimum Gasteiger partial charge on any atom is -0.497 e. The fourth-order valence-electron chi connectivity index (χ4n) is 4.84. The van der Waals surface area contributed by atoms with E-state index in [1.54, 1.807) is 29.5 Å². The number of fused-ring (bicyclic) bond motifs is 1. The molecule has 7 nitrogen and oxygen atoms in total. The molecule has 36 heavy (non-hydrogen) atoms. The first kappa shape index (κ1) is 26.0. The highest BCUT2D eigenvalue weighted by molar-refractivity contribution is 7.10. The molecule has 0 saturated carbocycles. The second-order valence-electron chi connectivity index (χ2n) is 9.02. The van der Waals surface area contributed by atoms with Gasteiger partial charge in [-0.15, -0.1) is 11.3 Å². The minimum atomic E-state index is -1.43. The zero-order valence-electron chi connectivity index (χ0n) is 20.2. The number of methoxy groups -OCH3 is 1. The Balaban J connectivity index is 1.48. The van der Waals surface area contributed by atoms with Crippen LogP contribution in [-0.4, -0.2) is 52.8 Å². The number of alkyl halides is 1. The lowest BCUT2D eigenvalue weighted by Gasteiger charge is -2.40. The molecule has 0 radical (unpaired) electrons. The second kappa shape index (κ2) is 11.8. The Bertz CT molecular complexity index is 1240. The molecule has 3 N–H and O–H groups in total. The van der Waals surface area contributed by atoms with Crippen molar-refractivity contribution in [3.63, 3.8) is 0 Å². The Kier molecular flexibility index (Phi) is 8.54. The molecule has 2 aromatic heterocycles. The summed E-state index contributed by atoms with van der Waals surface area (Å²) >= 11 is 1.59. The monoisotopic (exact) mass is 511 g/mol. The van der Waals surface area contributed by atoms with Gasteiger partial charge in [0.25, 0.3) is 0 Å². The van der Waals surface area contributed by atoms with E-state index in [-0.39, 0.29) is 19.4 Å². The van der Waals surface area contributed by atoms with Gasteiger partial charge in [0.15, 0.2) is 0 Å². The number of nitrogens with one attached hydrogen (secondary N) is 1. The first-order valence-electron chi connectivity index (χ1n) is 11.9. The number of ether oxygens (including phenoxy) is 1. The number of carbonyl (C=O) groups is 1. The van der Waals surface area contributed by atoms with Crippen molar-refractivity contribution in [2.24, 2.45) is 5.41 Å². The number of halogens is 1. The fraction of sp³-hybridized carbons (Fsp3) is 0.407. The summed E-state index contributed by atoms with van der Waals surface area (Å²) in [5.41, 5.74) is 2.30. The molecule has 1 amide bonds. The number of amides is 1. The molecule has 9 heteroatoms. The smallest absolute Gasteiger partial charge is 0.249 e. The molecule has 1 aromatic carbocycles. The third kappa shape index (κ3) is 5.68. The van der Waals surface area contributed by atoms with Crippen molar-refractivity contribution in [2.45, 2.75) is 38.5 Å². The van der Waals surface area contributed by atoms with E-state index in [9.17, 15) is 15.1 Å². The predicted octanol–water partition coefficient (Wildman–Crippen LogP) is 4.23. The van der Waals surface area contributed by atoms with Gasteiger partial charge in [-0.3, -0.25) is 19.9 Å². The molecule has 1 saturated heterocycles. The van der Waals surface area contributed by atoms with Gasteiger partial charge in [-0.05, 0) is 55.3 Å². The van der Waals surface area contributed by atoms with Gasteiger partial charge in [0.2, 0.25) is 5.91 Å². The fourth-order valence-corrected chi connectivity index (χ4v) is 5.43. The van der Waals surface area contributed by atoms with Crippen molar-refractivity contribution in [2.75, 3.05) is 26.7 Å². The van der Waals surface area contributed by atoms with Gasteiger partial charge in [0, 0.05) is 35.8 Å². The molecule has 0 spiro atoms. The van der Waals surface area contributed by atoms with Crippen molar-refractivity contribution < 1.29 is 24.2 Å². The summed E-state index contributed by atoms with van der Waals surface area (Å²) in [7, 11) is 1.54. The zero-order chi connectivity index (χ0) is 25.5. The number of pyridine rings is 1. The third-order valence-corrected chi connectivity index (χ3v) is 7.78. The molecule has 0 unspecified atom stereocenters. The number of hydroxylamine groups is 1. The number of likely N-dealkylation sites (tertiary alicyclic amines) is 1. The first-order chi connectivity index (χ1) is 17.5. The third-order valence-electron chi connectivity index (χ3n) is 6.99. The minimum absolute atomic E-state index is 0.0644. The maximum atomic E-state index is 15.8. The SMILES string of the molecule is COc1ccc2ncc(CO)c([C@H](F)CCC3(C(=O)NO)CCN(CC#Cc4cccs4)CC3)c2c1. The van der Waals surface area contributed by atoms with Gasteiger partial charge in [-0.1, -0.05) is 17.9 Å². The largest absolute Gasteiger partial charge is 0.497 e. The molecule has 190 valence electrons. The number of hydrogen-bond donors (Lipinski definition) is 3. The number of benzene rings is 1. The zero-order valence-corrected chi connectivity index (χ0v) is 21.0. The van der Waals surface area contributed by atoms with E-state index in [1.165, 1.54) is 13.3 Å². The lowest BCUT2D eigenvalue weighted by atomic mass is 9.73. The Morgan fingerprint density at radius 1 is 1.36 bits per heavy atom. The maximum Gasteiger partial charge on any atom is 0.249 e. The van der Waals surface area contributed by atoms with Crippen LogP contribution in [0, 0.1) is 17.3 Å².